The molecule has 0 bridgehead atoms. The first kappa shape index (κ1) is 17.0. The highest BCUT2D eigenvalue weighted by Gasteiger charge is 2.37. The fraction of sp³-hybridized carbons (Fsp3) is 0.364. The average molecular weight is 352 g/mol. The van der Waals surface area contributed by atoms with Crippen LogP contribution in [-0.2, 0) is 4.74 Å². The van der Waals surface area contributed by atoms with Gasteiger partial charge in [0.15, 0.2) is 0 Å². The van der Waals surface area contributed by atoms with Gasteiger partial charge in [-0.3, -0.25) is 0 Å². The Labute approximate surface area is 154 Å². The normalized spacial score (nSPS) is 22.6. The minimum Gasteiger partial charge on any atom is -0.496 e. The van der Waals surface area contributed by atoms with Gasteiger partial charge in [-0.05, 0) is 31.6 Å². The molecule has 0 spiro atoms. The third-order valence-corrected chi connectivity index (χ3v) is 4.99. The van der Waals surface area contributed by atoms with Gasteiger partial charge in [0, 0.05) is 19.6 Å². The molecule has 2 aliphatic heterocycles. The fourth-order valence-corrected chi connectivity index (χ4v) is 3.68. The number of fused-ring (bicyclic) bond motifs is 3. The van der Waals surface area contributed by atoms with E-state index in [1.807, 2.05) is 38.1 Å². The molecular weight excluding hydrogens is 328 g/mol. The van der Waals surface area contributed by atoms with E-state index in [2.05, 4.69) is 24.3 Å². The van der Waals surface area contributed by atoms with Crippen LogP contribution in [0.5, 0.6) is 17.2 Å². The van der Waals surface area contributed by atoms with Gasteiger partial charge in [0.1, 0.15) is 29.0 Å². The van der Waals surface area contributed by atoms with Crippen LogP contribution in [0.15, 0.2) is 42.5 Å². The van der Waals surface area contributed by atoms with Gasteiger partial charge in [-0.25, -0.2) is 0 Å². The molecule has 2 heterocycles. The summed E-state index contributed by atoms with van der Waals surface area (Å²) in [6.07, 6.45) is 4.69. The second-order valence-corrected chi connectivity index (χ2v) is 7.25. The van der Waals surface area contributed by atoms with Crippen molar-refractivity contribution in [1.29, 1.82) is 0 Å². The van der Waals surface area contributed by atoms with Crippen molar-refractivity contribution in [3.05, 3.63) is 59.2 Å². The van der Waals surface area contributed by atoms with Crippen LogP contribution in [0.2, 0.25) is 0 Å². The molecule has 2 atom stereocenters. The van der Waals surface area contributed by atoms with Gasteiger partial charge in [0.25, 0.3) is 0 Å². The summed E-state index contributed by atoms with van der Waals surface area (Å²) in [5.41, 5.74) is 2.68. The van der Waals surface area contributed by atoms with Crippen LogP contribution in [-0.4, -0.2) is 19.8 Å². The molecular formula is C22H24O4. The second-order valence-electron chi connectivity index (χ2n) is 7.25. The van der Waals surface area contributed by atoms with Crippen molar-refractivity contribution in [2.75, 3.05) is 14.2 Å². The molecule has 4 heteroatoms. The highest BCUT2D eigenvalue weighted by Crippen LogP contribution is 2.52. The van der Waals surface area contributed by atoms with Crippen molar-refractivity contribution in [3.63, 3.8) is 0 Å². The Balaban J connectivity index is 1.86. The summed E-state index contributed by atoms with van der Waals surface area (Å²) in [5.74, 6) is 2.30. The minimum atomic E-state index is -0.361. The standard InChI is InChI=1S/C22H24O4/c1-22(2)11-10-15-17(26-22)13-19(24-4)20-18(23-3)12-16(25-21(15)20)14-8-6-5-7-9-14/h5-11,13,16,18H,12H2,1-4H3/t16-,18-/m1/s1. The van der Waals surface area contributed by atoms with E-state index in [4.69, 9.17) is 18.9 Å². The second kappa shape index (κ2) is 6.36. The lowest BCUT2D eigenvalue weighted by Crippen LogP contribution is -2.29. The zero-order chi connectivity index (χ0) is 18.3. The lowest BCUT2D eigenvalue weighted by Gasteiger charge is -2.36. The Hall–Kier alpha value is -2.46. The van der Waals surface area contributed by atoms with Crippen molar-refractivity contribution in [1.82, 2.24) is 0 Å². The van der Waals surface area contributed by atoms with Crippen molar-refractivity contribution < 1.29 is 18.9 Å². The third kappa shape index (κ3) is 2.84. The number of hydrogen-bond donors (Lipinski definition) is 0. The first-order valence-corrected chi connectivity index (χ1v) is 8.90. The fourth-order valence-electron chi connectivity index (χ4n) is 3.68. The largest absolute Gasteiger partial charge is 0.496 e. The molecule has 4 rings (SSSR count). The third-order valence-electron chi connectivity index (χ3n) is 4.99. The molecule has 4 nitrogen and oxygen atoms in total. The lowest BCUT2D eigenvalue weighted by molar-refractivity contribution is 0.0273. The van der Waals surface area contributed by atoms with Gasteiger partial charge < -0.3 is 18.9 Å². The SMILES string of the molecule is COc1cc2c(c3c1[C@H](OC)C[C@H](c1ccccc1)O3)C=CC(C)(C)O2. The summed E-state index contributed by atoms with van der Waals surface area (Å²) >= 11 is 0. The molecule has 0 unspecified atom stereocenters. The number of methoxy groups -OCH3 is 2. The first-order chi connectivity index (χ1) is 12.5. The number of ether oxygens (including phenoxy) is 4. The number of benzene rings is 2. The molecule has 0 saturated heterocycles. The van der Waals surface area contributed by atoms with Crippen LogP contribution in [0.4, 0.5) is 0 Å². The van der Waals surface area contributed by atoms with E-state index in [1.165, 1.54) is 0 Å². The molecule has 0 radical (unpaired) electrons. The van der Waals surface area contributed by atoms with Crippen LogP contribution >= 0.6 is 0 Å². The molecule has 0 amide bonds. The van der Waals surface area contributed by atoms with Gasteiger partial charge in [-0.2, -0.15) is 0 Å². The van der Waals surface area contributed by atoms with Gasteiger partial charge in [-0.1, -0.05) is 30.3 Å². The maximum atomic E-state index is 6.47. The maximum Gasteiger partial charge on any atom is 0.140 e. The van der Waals surface area contributed by atoms with E-state index < -0.39 is 0 Å². The van der Waals surface area contributed by atoms with Gasteiger partial charge in [-0.15, -0.1) is 0 Å². The van der Waals surface area contributed by atoms with Crippen LogP contribution in [0.25, 0.3) is 6.08 Å². The maximum absolute atomic E-state index is 6.47. The summed E-state index contributed by atoms with van der Waals surface area (Å²) in [6, 6.07) is 12.2. The number of rotatable bonds is 3. The smallest absolute Gasteiger partial charge is 0.140 e. The van der Waals surface area contributed by atoms with E-state index in [0.717, 1.165) is 40.4 Å². The summed E-state index contributed by atoms with van der Waals surface area (Å²) in [6.45, 7) is 4.06. The van der Waals surface area contributed by atoms with Gasteiger partial charge in [0.05, 0.1) is 24.3 Å². The topological polar surface area (TPSA) is 36.9 Å². The Morgan fingerprint density at radius 1 is 1.12 bits per heavy atom. The van der Waals surface area contributed by atoms with Crippen LogP contribution < -0.4 is 14.2 Å². The molecule has 2 aliphatic rings. The van der Waals surface area contributed by atoms with Crippen molar-refractivity contribution in [3.8, 4) is 17.2 Å². The summed E-state index contributed by atoms with van der Waals surface area (Å²) in [4.78, 5) is 0. The zero-order valence-corrected chi connectivity index (χ0v) is 15.6. The Bertz CT molecular complexity index is 839. The predicted octanol–water partition coefficient (Wildman–Crippen LogP) is 5.09. The van der Waals surface area contributed by atoms with Crippen molar-refractivity contribution >= 4 is 6.08 Å². The molecule has 2 aromatic carbocycles. The van der Waals surface area contributed by atoms with Crippen LogP contribution in [0, 0.1) is 0 Å². The molecule has 136 valence electrons. The van der Waals surface area contributed by atoms with Crippen molar-refractivity contribution in [2.45, 2.75) is 38.1 Å². The lowest BCUT2D eigenvalue weighted by atomic mass is 9.90. The van der Waals surface area contributed by atoms with Gasteiger partial charge in [0.2, 0.25) is 0 Å². The Morgan fingerprint density at radius 2 is 1.88 bits per heavy atom. The van der Waals surface area contributed by atoms with E-state index in [9.17, 15) is 0 Å². The zero-order valence-electron chi connectivity index (χ0n) is 15.6. The molecule has 2 aromatic rings. The molecule has 0 aliphatic carbocycles. The minimum absolute atomic E-state index is 0.0757. The summed E-state index contributed by atoms with van der Waals surface area (Å²) < 4.78 is 24.1. The van der Waals surface area contributed by atoms with Crippen LogP contribution in [0.1, 0.15) is 49.2 Å². The Kier molecular flexibility index (Phi) is 4.16. The highest BCUT2D eigenvalue weighted by molar-refractivity contribution is 5.72. The molecule has 0 fully saturated rings. The van der Waals surface area contributed by atoms with Crippen molar-refractivity contribution in [2.24, 2.45) is 0 Å². The highest BCUT2D eigenvalue weighted by atomic mass is 16.5. The van der Waals surface area contributed by atoms with Gasteiger partial charge >= 0.3 is 0 Å². The molecule has 0 saturated carbocycles. The monoisotopic (exact) mass is 352 g/mol. The van der Waals surface area contributed by atoms with E-state index >= 15 is 0 Å². The van der Waals surface area contributed by atoms with E-state index in [-0.39, 0.29) is 17.8 Å². The first-order valence-electron chi connectivity index (χ1n) is 8.90. The quantitative estimate of drug-likeness (QED) is 0.771. The molecule has 0 N–H and O–H groups in total. The molecule has 0 aromatic heterocycles. The average Bonchev–Trinajstić information content (AvgIpc) is 2.66. The number of hydrogen-bond acceptors (Lipinski definition) is 4. The van der Waals surface area contributed by atoms with E-state index in [1.54, 1.807) is 14.2 Å². The van der Waals surface area contributed by atoms with Crippen LogP contribution in [0.3, 0.4) is 0 Å². The van der Waals surface area contributed by atoms with E-state index in [0.29, 0.717) is 0 Å². The predicted molar refractivity (Wildman–Crippen MR) is 101 cm³/mol. The molecule has 26 heavy (non-hydrogen) atoms. The Morgan fingerprint density at radius 3 is 2.58 bits per heavy atom. The summed E-state index contributed by atoms with van der Waals surface area (Å²) in [7, 11) is 3.40. The summed E-state index contributed by atoms with van der Waals surface area (Å²) in [5, 5.41) is 0.